The van der Waals surface area contributed by atoms with E-state index in [4.69, 9.17) is 4.74 Å². The Balaban J connectivity index is 2.41. The van der Waals surface area contributed by atoms with E-state index in [0.717, 1.165) is 0 Å². The number of ether oxygens (including phenoxy) is 1. The third-order valence-corrected chi connectivity index (χ3v) is 3.40. The van der Waals surface area contributed by atoms with Crippen molar-refractivity contribution in [2.75, 3.05) is 19.8 Å². The Labute approximate surface area is 119 Å². The Hall–Kier alpha value is -2.09. The number of nitrogens with zero attached hydrogens (tertiary/aromatic N) is 2. The molecule has 1 aliphatic rings. The molecular formula is C13H14F2N2O4. The second-order valence-corrected chi connectivity index (χ2v) is 4.68. The fourth-order valence-electron chi connectivity index (χ4n) is 2.28. The van der Waals surface area contributed by atoms with Crippen molar-refractivity contribution in [1.29, 1.82) is 0 Å². The molecule has 1 unspecified atom stereocenters. The van der Waals surface area contributed by atoms with Crippen molar-refractivity contribution in [3.05, 3.63) is 39.4 Å². The highest BCUT2D eigenvalue weighted by Crippen LogP contribution is 2.25. The van der Waals surface area contributed by atoms with Gasteiger partial charge in [-0.3, -0.25) is 14.9 Å². The molecule has 1 fully saturated rings. The number of carbonyl (C=O) groups is 1. The molecule has 6 nitrogen and oxygen atoms in total. The number of amides is 1. The van der Waals surface area contributed by atoms with Crippen LogP contribution in [0, 0.1) is 21.7 Å². The van der Waals surface area contributed by atoms with Gasteiger partial charge >= 0.3 is 5.69 Å². The van der Waals surface area contributed by atoms with Crippen LogP contribution in [0.3, 0.4) is 0 Å². The Kier molecular flexibility index (Phi) is 4.46. The number of nitro groups is 1. The number of hydrogen-bond acceptors (Lipinski definition) is 4. The van der Waals surface area contributed by atoms with Crippen LogP contribution >= 0.6 is 0 Å². The van der Waals surface area contributed by atoms with Gasteiger partial charge in [-0.1, -0.05) is 6.92 Å². The number of halogens is 2. The minimum atomic E-state index is -1.31. The summed E-state index contributed by atoms with van der Waals surface area (Å²) in [6.07, 6.45) is 0.588. The fraction of sp³-hybridized carbons (Fsp3) is 0.462. The van der Waals surface area contributed by atoms with E-state index in [-0.39, 0.29) is 12.6 Å². The zero-order valence-electron chi connectivity index (χ0n) is 11.3. The van der Waals surface area contributed by atoms with Crippen LogP contribution in [-0.2, 0) is 4.74 Å². The molecule has 0 bridgehead atoms. The summed E-state index contributed by atoms with van der Waals surface area (Å²) < 4.78 is 32.7. The molecule has 1 aromatic rings. The first kappa shape index (κ1) is 15.3. The molecule has 0 aromatic heterocycles. The summed E-state index contributed by atoms with van der Waals surface area (Å²) in [6, 6.07) is 0.892. The van der Waals surface area contributed by atoms with Crippen molar-refractivity contribution in [2.45, 2.75) is 19.4 Å². The largest absolute Gasteiger partial charge is 0.377 e. The molecule has 1 aromatic carbocycles. The van der Waals surface area contributed by atoms with Crippen LogP contribution in [-0.4, -0.2) is 41.5 Å². The summed E-state index contributed by atoms with van der Waals surface area (Å²) in [5, 5.41) is 10.7. The zero-order chi connectivity index (χ0) is 15.6. The van der Waals surface area contributed by atoms with Crippen molar-refractivity contribution in [3.8, 4) is 0 Å². The minimum Gasteiger partial charge on any atom is -0.377 e. The highest BCUT2D eigenvalue weighted by molar-refractivity contribution is 5.95. The van der Waals surface area contributed by atoms with Crippen molar-refractivity contribution >= 4 is 11.6 Å². The summed E-state index contributed by atoms with van der Waals surface area (Å²) in [5.41, 5.74) is -1.67. The molecule has 0 aliphatic carbocycles. The highest BCUT2D eigenvalue weighted by atomic mass is 19.1. The topological polar surface area (TPSA) is 72.7 Å². The molecule has 1 amide bonds. The quantitative estimate of drug-likeness (QED) is 0.633. The van der Waals surface area contributed by atoms with E-state index < -0.39 is 33.7 Å². The van der Waals surface area contributed by atoms with E-state index in [1.807, 2.05) is 6.92 Å². The third-order valence-electron chi connectivity index (χ3n) is 3.40. The van der Waals surface area contributed by atoms with Crippen molar-refractivity contribution in [2.24, 2.45) is 0 Å². The normalized spacial score (nSPS) is 18.6. The van der Waals surface area contributed by atoms with Gasteiger partial charge in [-0.15, -0.1) is 0 Å². The number of morpholine rings is 1. The number of rotatable bonds is 3. The maximum Gasteiger partial charge on any atom is 0.308 e. The van der Waals surface area contributed by atoms with Crippen molar-refractivity contribution < 1.29 is 23.2 Å². The monoisotopic (exact) mass is 300 g/mol. The van der Waals surface area contributed by atoms with E-state index >= 15 is 0 Å². The number of hydrogen-bond donors (Lipinski definition) is 0. The van der Waals surface area contributed by atoms with Gasteiger partial charge in [0.1, 0.15) is 5.82 Å². The van der Waals surface area contributed by atoms with E-state index in [9.17, 15) is 23.7 Å². The summed E-state index contributed by atoms with van der Waals surface area (Å²) in [4.78, 5) is 23.4. The summed E-state index contributed by atoms with van der Waals surface area (Å²) in [5.74, 6) is -3.09. The van der Waals surface area contributed by atoms with Gasteiger partial charge in [0.2, 0.25) is 5.82 Å². The predicted octanol–water partition coefficient (Wildman–Crippen LogP) is 2.12. The van der Waals surface area contributed by atoms with Crippen LogP contribution in [0.25, 0.3) is 0 Å². The number of nitro benzene ring substituents is 1. The van der Waals surface area contributed by atoms with Crippen LogP contribution in [0.15, 0.2) is 12.1 Å². The highest BCUT2D eigenvalue weighted by Gasteiger charge is 2.31. The van der Waals surface area contributed by atoms with Gasteiger partial charge in [0, 0.05) is 6.54 Å². The first-order valence-electron chi connectivity index (χ1n) is 6.47. The molecule has 1 heterocycles. The molecular weight excluding hydrogens is 286 g/mol. The lowest BCUT2D eigenvalue weighted by atomic mass is 10.1. The lowest BCUT2D eigenvalue weighted by Gasteiger charge is -2.35. The maximum absolute atomic E-state index is 14.1. The van der Waals surface area contributed by atoms with Crippen LogP contribution in [0.1, 0.15) is 23.7 Å². The SMILES string of the molecule is CCC1COCCN1C(=O)c1cc(F)cc([N+](=O)[O-])c1F. The number of benzene rings is 1. The minimum absolute atomic E-state index is 0.237. The van der Waals surface area contributed by atoms with Crippen LogP contribution in [0.5, 0.6) is 0 Å². The van der Waals surface area contributed by atoms with Crippen molar-refractivity contribution in [1.82, 2.24) is 4.90 Å². The lowest BCUT2D eigenvalue weighted by Crippen LogP contribution is -2.48. The summed E-state index contributed by atoms with van der Waals surface area (Å²) >= 11 is 0. The molecule has 1 aliphatic heterocycles. The van der Waals surface area contributed by atoms with Crippen LogP contribution in [0.4, 0.5) is 14.5 Å². The fourth-order valence-corrected chi connectivity index (χ4v) is 2.28. The Morgan fingerprint density at radius 3 is 2.86 bits per heavy atom. The van der Waals surface area contributed by atoms with E-state index in [1.54, 1.807) is 0 Å². The molecule has 1 atom stereocenters. The molecule has 1 saturated heterocycles. The van der Waals surface area contributed by atoms with Crippen LogP contribution in [0.2, 0.25) is 0 Å². The Morgan fingerprint density at radius 1 is 1.52 bits per heavy atom. The summed E-state index contributed by atoms with van der Waals surface area (Å²) in [6.45, 7) is 2.67. The number of carbonyl (C=O) groups excluding carboxylic acids is 1. The van der Waals surface area contributed by atoms with E-state index in [1.165, 1.54) is 4.90 Å². The van der Waals surface area contributed by atoms with Gasteiger partial charge in [-0.2, -0.15) is 4.39 Å². The second kappa shape index (κ2) is 6.13. The molecule has 2 rings (SSSR count). The molecule has 8 heteroatoms. The Bertz CT molecular complexity index is 580. The third kappa shape index (κ3) is 2.99. The average molecular weight is 300 g/mol. The maximum atomic E-state index is 14.1. The van der Waals surface area contributed by atoms with E-state index in [2.05, 4.69) is 0 Å². The second-order valence-electron chi connectivity index (χ2n) is 4.68. The molecule has 21 heavy (non-hydrogen) atoms. The van der Waals surface area contributed by atoms with Gasteiger partial charge in [0.25, 0.3) is 5.91 Å². The first-order valence-corrected chi connectivity index (χ1v) is 6.47. The van der Waals surface area contributed by atoms with Gasteiger partial charge in [0.05, 0.1) is 35.8 Å². The first-order chi connectivity index (χ1) is 9.95. The van der Waals surface area contributed by atoms with Gasteiger partial charge in [0.15, 0.2) is 0 Å². The summed E-state index contributed by atoms with van der Waals surface area (Å²) in [7, 11) is 0. The van der Waals surface area contributed by atoms with Gasteiger partial charge in [-0.05, 0) is 12.5 Å². The van der Waals surface area contributed by atoms with Crippen LogP contribution < -0.4 is 0 Å². The average Bonchev–Trinajstić information content (AvgIpc) is 2.48. The smallest absolute Gasteiger partial charge is 0.308 e. The molecule has 0 N–H and O–H groups in total. The molecule has 114 valence electrons. The van der Waals surface area contributed by atoms with E-state index in [0.29, 0.717) is 31.8 Å². The van der Waals surface area contributed by atoms with Gasteiger partial charge in [-0.25, -0.2) is 4.39 Å². The standard InChI is InChI=1S/C13H14F2N2O4/c1-2-9-7-21-4-3-16(9)13(18)10-5-8(14)6-11(12(10)15)17(19)20/h5-6,9H,2-4,7H2,1H3. The molecule has 0 saturated carbocycles. The lowest BCUT2D eigenvalue weighted by molar-refractivity contribution is -0.387. The molecule has 0 radical (unpaired) electrons. The zero-order valence-corrected chi connectivity index (χ0v) is 11.3. The Morgan fingerprint density at radius 2 is 2.24 bits per heavy atom. The van der Waals surface area contributed by atoms with Crippen molar-refractivity contribution in [3.63, 3.8) is 0 Å². The van der Waals surface area contributed by atoms with Gasteiger partial charge < -0.3 is 9.64 Å². The molecule has 0 spiro atoms. The predicted molar refractivity (Wildman–Crippen MR) is 68.9 cm³/mol.